The van der Waals surface area contributed by atoms with Gasteiger partial charge in [0.05, 0.1) is 24.8 Å². The first-order valence-electron chi connectivity index (χ1n) is 10.6. The number of ketones is 1. The quantitative estimate of drug-likeness (QED) is 0.439. The molecule has 1 aromatic heterocycles. The first kappa shape index (κ1) is 21.2. The van der Waals surface area contributed by atoms with Gasteiger partial charge in [-0.3, -0.25) is 19.5 Å². The number of aryl methyl sites for hydroxylation is 1. The lowest BCUT2D eigenvalue weighted by Crippen LogP contribution is -2.38. The Kier molecular flexibility index (Phi) is 6.44. The highest BCUT2D eigenvalue weighted by molar-refractivity contribution is 6.46. The summed E-state index contributed by atoms with van der Waals surface area (Å²) in [6, 6.07) is 10.2. The zero-order valence-corrected chi connectivity index (χ0v) is 17.7. The third kappa shape index (κ3) is 4.52. The van der Waals surface area contributed by atoms with E-state index in [1.165, 1.54) is 0 Å². The van der Waals surface area contributed by atoms with Crippen LogP contribution in [0.1, 0.15) is 29.2 Å². The van der Waals surface area contributed by atoms with Crippen LogP contribution in [0.5, 0.6) is 0 Å². The third-order valence-corrected chi connectivity index (χ3v) is 5.86. The Hall–Kier alpha value is -3.03. The Bertz CT molecular complexity index is 966. The molecule has 31 heavy (non-hydrogen) atoms. The number of rotatable bonds is 6. The number of ether oxygens (including phenoxy) is 1. The van der Waals surface area contributed by atoms with Crippen LogP contribution in [0.4, 0.5) is 0 Å². The smallest absolute Gasteiger partial charge is 0.295 e. The van der Waals surface area contributed by atoms with E-state index in [0.717, 1.165) is 50.4 Å². The molecule has 0 spiro atoms. The first-order chi connectivity index (χ1) is 15.1. The van der Waals surface area contributed by atoms with E-state index in [4.69, 9.17) is 4.74 Å². The summed E-state index contributed by atoms with van der Waals surface area (Å²) >= 11 is 0. The minimum absolute atomic E-state index is 0.131. The molecule has 2 aliphatic heterocycles. The number of hydrogen-bond acceptors (Lipinski definition) is 6. The summed E-state index contributed by atoms with van der Waals surface area (Å²) in [6.07, 6.45) is 4.00. The maximum Gasteiger partial charge on any atom is 0.295 e. The fourth-order valence-corrected chi connectivity index (χ4v) is 4.16. The number of carbonyl (C=O) groups excluding carboxylic acids is 2. The maximum absolute atomic E-state index is 13.0. The maximum atomic E-state index is 13.0. The molecule has 1 atom stereocenters. The van der Waals surface area contributed by atoms with Crippen molar-refractivity contribution in [3.63, 3.8) is 0 Å². The molecule has 4 rings (SSSR count). The summed E-state index contributed by atoms with van der Waals surface area (Å²) < 4.78 is 5.38. The molecule has 1 unspecified atom stereocenters. The van der Waals surface area contributed by atoms with Crippen molar-refractivity contribution in [3.05, 3.63) is 71.1 Å². The van der Waals surface area contributed by atoms with Crippen LogP contribution >= 0.6 is 0 Å². The fourth-order valence-electron chi connectivity index (χ4n) is 4.16. The molecule has 7 heteroatoms. The van der Waals surface area contributed by atoms with Crippen molar-refractivity contribution in [2.24, 2.45) is 0 Å². The van der Waals surface area contributed by atoms with Gasteiger partial charge in [0.25, 0.3) is 11.7 Å². The first-order valence-corrected chi connectivity index (χ1v) is 10.6. The van der Waals surface area contributed by atoms with Gasteiger partial charge in [-0.1, -0.05) is 29.8 Å². The molecule has 1 amide bonds. The summed E-state index contributed by atoms with van der Waals surface area (Å²) in [5.41, 5.74) is 2.46. The monoisotopic (exact) mass is 421 g/mol. The molecule has 0 aliphatic carbocycles. The van der Waals surface area contributed by atoms with Crippen LogP contribution in [0.2, 0.25) is 0 Å². The molecular formula is C24H27N3O4. The normalized spacial score (nSPS) is 21.6. The van der Waals surface area contributed by atoms with Gasteiger partial charge in [0.2, 0.25) is 0 Å². The minimum atomic E-state index is -0.647. The topological polar surface area (TPSA) is 83.0 Å². The second kappa shape index (κ2) is 9.41. The van der Waals surface area contributed by atoms with Gasteiger partial charge < -0.3 is 14.7 Å². The number of aliphatic hydroxyl groups excluding tert-OH is 1. The molecule has 2 fully saturated rings. The van der Waals surface area contributed by atoms with Crippen molar-refractivity contribution in [2.45, 2.75) is 19.4 Å². The molecule has 2 aliphatic rings. The van der Waals surface area contributed by atoms with Crippen molar-refractivity contribution >= 4 is 17.4 Å². The summed E-state index contributed by atoms with van der Waals surface area (Å²) in [5, 5.41) is 11.0. The van der Waals surface area contributed by atoms with E-state index in [0.29, 0.717) is 12.1 Å². The van der Waals surface area contributed by atoms with Gasteiger partial charge in [0.15, 0.2) is 0 Å². The zero-order valence-electron chi connectivity index (χ0n) is 17.7. The van der Waals surface area contributed by atoms with Gasteiger partial charge in [0.1, 0.15) is 5.76 Å². The van der Waals surface area contributed by atoms with Crippen LogP contribution in [0.15, 0.2) is 54.4 Å². The molecule has 2 saturated heterocycles. The van der Waals surface area contributed by atoms with Crippen LogP contribution < -0.4 is 0 Å². The standard InChI is InChI=1S/C24H27N3O4/c1-17-3-5-19(6-4-17)22(28)20-21(18-7-9-25-10-8-18)27(24(30)23(20)29)12-2-11-26-13-15-31-16-14-26/h3-10,21,28H,2,11-16H2,1H3. The lowest BCUT2D eigenvalue weighted by atomic mass is 9.95. The molecule has 3 heterocycles. The van der Waals surface area contributed by atoms with Gasteiger partial charge in [-0.2, -0.15) is 0 Å². The second-order valence-electron chi connectivity index (χ2n) is 7.95. The Labute approximate surface area is 182 Å². The number of pyridine rings is 1. The van der Waals surface area contributed by atoms with Crippen molar-refractivity contribution in [1.29, 1.82) is 0 Å². The Morgan fingerprint density at radius 2 is 1.74 bits per heavy atom. The van der Waals surface area contributed by atoms with Gasteiger partial charge in [-0.05, 0) is 31.0 Å². The van der Waals surface area contributed by atoms with Crippen LogP contribution in [-0.4, -0.2) is 71.0 Å². The van der Waals surface area contributed by atoms with Crippen LogP contribution in [-0.2, 0) is 14.3 Å². The number of hydrogen-bond donors (Lipinski definition) is 1. The number of amides is 1. The van der Waals surface area contributed by atoms with E-state index in [-0.39, 0.29) is 11.3 Å². The molecule has 0 bridgehead atoms. The molecule has 2 aromatic rings. The van der Waals surface area contributed by atoms with E-state index >= 15 is 0 Å². The van der Waals surface area contributed by atoms with Gasteiger partial charge in [-0.25, -0.2) is 0 Å². The summed E-state index contributed by atoms with van der Waals surface area (Å²) in [4.78, 5) is 33.9. The molecule has 0 saturated carbocycles. The van der Waals surface area contributed by atoms with Crippen LogP contribution in [0.25, 0.3) is 5.76 Å². The van der Waals surface area contributed by atoms with E-state index in [1.807, 2.05) is 19.1 Å². The minimum Gasteiger partial charge on any atom is -0.507 e. The van der Waals surface area contributed by atoms with Crippen molar-refractivity contribution in [2.75, 3.05) is 39.4 Å². The molecule has 7 nitrogen and oxygen atoms in total. The number of aliphatic hydroxyl groups is 1. The number of nitrogens with zero attached hydrogens (tertiary/aromatic N) is 3. The van der Waals surface area contributed by atoms with E-state index in [1.54, 1.807) is 41.6 Å². The Balaban J connectivity index is 1.64. The third-order valence-electron chi connectivity index (χ3n) is 5.86. The molecule has 162 valence electrons. The number of aromatic nitrogens is 1. The number of carbonyl (C=O) groups is 2. The number of Topliss-reactive ketones (excluding diaryl/α,β-unsaturated/α-hetero) is 1. The average molecular weight is 421 g/mol. The number of likely N-dealkylation sites (tertiary alicyclic amines) is 1. The second-order valence-corrected chi connectivity index (χ2v) is 7.95. The number of benzene rings is 1. The van der Waals surface area contributed by atoms with Crippen molar-refractivity contribution < 1.29 is 19.4 Å². The predicted octanol–water partition coefficient (Wildman–Crippen LogP) is 2.53. The predicted molar refractivity (Wildman–Crippen MR) is 116 cm³/mol. The highest BCUT2D eigenvalue weighted by Crippen LogP contribution is 2.39. The van der Waals surface area contributed by atoms with Gasteiger partial charge in [-0.15, -0.1) is 0 Å². The highest BCUT2D eigenvalue weighted by Gasteiger charge is 2.45. The van der Waals surface area contributed by atoms with E-state index < -0.39 is 17.7 Å². The van der Waals surface area contributed by atoms with E-state index in [9.17, 15) is 14.7 Å². The average Bonchev–Trinajstić information content (AvgIpc) is 3.05. The number of morpholine rings is 1. The lowest BCUT2D eigenvalue weighted by molar-refractivity contribution is -0.140. The Morgan fingerprint density at radius 1 is 1.06 bits per heavy atom. The van der Waals surface area contributed by atoms with Crippen LogP contribution in [0.3, 0.4) is 0 Å². The SMILES string of the molecule is Cc1ccc(C(O)=C2C(=O)C(=O)N(CCCN3CCOCC3)C2c2ccncc2)cc1. The summed E-state index contributed by atoms with van der Waals surface area (Å²) in [7, 11) is 0. The Morgan fingerprint density at radius 3 is 2.42 bits per heavy atom. The van der Waals surface area contributed by atoms with Crippen molar-refractivity contribution in [3.8, 4) is 0 Å². The van der Waals surface area contributed by atoms with E-state index in [2.05, 4.69) is 9.88 Å². The highest BCUT2D eigenvalue weighted by atomic mass is 16.5. The largest absolute Gasteiger partial charge is 0.507 e. The summed E-state index contributed by atoms with van der Waals surface area (Å²) in [6.45, 7) is 6.40. The zero-order chi connectivity index (χ0) is 21.8. The molecular weight excluding hydrogens is 394 g/mol. The summed E-state index contributed by atoms with van der Waals surface area (Å²) in [5.74, 6) is -1.36. The van der Waals surface area contributed by atoms with Crippen molar-refractivity contribution in [1.82, 2.24) is 14.8 Å². The molecule has 0 radical (unpaired) electrons. The van der Waals surface area contributed by atoms with Gasteiger partial charge >= 0.3 is 0 Å². The van der Waals surface area contributed by atoms with Crippen LogP contribution in [0, 0.1) is 6.92 Å². The lowest BCUT2D eigenvalue weighted by Gasteiger charge is -2.29. The molecule has 1 aromatic carbocycles. The van der Waals surface area contributed by atoms with Gasteiger partial charge in [0, 0.05) is 44.1 Å². The fraction of sp³-hybridized carbons (Fsp3) is 0.375. The molecule has 1 N–H and O–H groups in total.